The molecule has 124 valence electrons. The van der Waals surface area contributed by atoms with Crippen molar-refractivity contribution in [1.82, 2.24) is 0 Å². The molecule has 0 heterocycles. The first-order valence-corrected chi connectivity index (χ1v) is 8.58. The average molecular weight is 328 g/mol. The number of hydrogen-bond donors (Lipinski definition) is 0. The average Bonchev–Trinajstić information content (AvgIpc) is 2.62. The smallest absolute Gasteiger partial charge is 0.304 e. The van der Waals surface area contributed by atoms with Crippen LogP contribution < -0.4 is 0 Å². The van der Waals surface area contributed by atoms with E-state index in [-0.39, 0.29) is 5.97 Å². The Morgan fingerprint density at radius 2 is 1.84 bits per heavy atom. The fourth-order valence-corrected chi connectivity index (χ4v) is 2.81. The number of carbonyl (C=O) groups is 1. The first-order valence-electron chi connectivity index (χ1n) is 8.58. The van der Waals surface area contributed by atoms with Gasteiger partial charge in [-0.2, -0.15) is 0 Å². The van der Waals surface area contributed by atoms with E-state index in [9.17, 15) is 4.79 Å². The number of rotatable bonds is 2. The first kappa shape index (κ1) is 16.9. The van der Waals surface area contributed by atoms with Crippen LogP contribution in [0.5, 0.6) is 0 Å². The van der Waals surface area contributed by atoms with Crippen molar-refractivity contribution in [1.29, 1.82) is 0 Å². The Morgan fingerprint density at radius 3 is 2.68 bits per heavy atom. The van der Waals surface area contributed by atoms with E-state index in [2.05, 4.69) is 41.9 Å². The van der Waals surface area contributed by atoms with Crippen LogP contribution >= 0.6 is 0 Å². The van der Waals surface area contributed by atoms with Gasteiger partial charge in [0.2, 0.25) is 0 Å². The maximum atomic E-state index is 11.5. The molecule has 2 aromatic rings. The summed E-state index contributed by atoms with van der Waals surface area (Å²) < 4.78 is 5.44. The molecule has 2 aromatic carbocycles. The van der Waals surface area contributed by atoms with Crippen molar-refractivity contribution in [2.45, 2.75) is 38.7 Å². The van der Waals surface area contributed by atoms with Crippen molar-refractivity contribution in [2.75, 3.05) is 0 Å². The predicted molar refractivity (Wildman–Crippen MR) is 101 cm³/mol. The molecule has 2 heteroatoms. The van der Waals surface area contributed by atoms with Gasteiger partial charge >= 0.3 is 5.97 Å². The van der Waals surface area contributed by atoms with Gasteiger partial charge < -0.3 is 4.74 Å². The number of fused-ring (bicyclic) bond motifs is 1. The third-order valence-electron chi connectivity index (χ3n) is 4.02. The Kier molecular flexibility index (Phi) is 5.55. The van der Waals surface area contributed by atoms with E-state index in [1.165, 1.54) is 12.3 Å². The molecule has 0 bridgehead atoms. The number of esters is 1. The van der Waals surface area contributed by atoms with E-state index >= 15 is 0 Å². The fourth-order valence-electron chi connectivity index (χ4n) is 2.81. The molecule has 2 nitrogen and oxygen atoms in total. The van der Waals surface area contributed by atoms with Crippen molar-refractivity contribution in [2.24, 2.45) is 0 Å². The Balaban J connectivity index is 2.09. The molecule has 0 fully saturated rings. The largest absolute Gasteiger partial charge is 0.444 e. The summed E-state index contributed by atoms with van der Waals surface area (Å²) >= 11 is 0. The monoisotopic (exact) mass is 328 g/mol. The number of hydrogen-bond acceptors (Lipinski definition) is 2. The summed E-state index contributed by atoms with van der Waals surface area (Å²) in [5.74, 6) is 12.2. The number of carbonyl (C=O) groups excluding carboxylic acids is 1. The highest BCUT2D eigenvalue weighted by molar-refractivity contribution is 5.91. The van der Waals surface area contributed by atoms with Gasteiger partial charge in [-0.3, -0.25) is 4.79 Å². The summed E-state index contributed by atoms with van der Waals surface area (Å²) in [6.45, 7) is 1.41. The van der Waals surface area contributed by atoms with E-state index < -0.39 is 6.10 Å². The van der Waals surface area contributed by atoms with Crippen LogP contribution in [0.2, 0.25) is 0 Å². The molecule has 0 saturated heterocycles. The van der Waals surface area contributed by atoms with Gasteiger partial charge in [0.15, 0.2) is 6.10 Å². The third-order valence-corrected chi connectivity index (χ3v) is 4.02. The molecular weight excluding hydrogens is 308 g/mol. The van der Waals surface area contributed by atoms with Crippen LogP contribution in [0, 0.1) is 23.7 Å². The molecule has 3 rings (SSSR count). The van der Waals surface area contributed by atoms with Gasteiger partial charge in [-0.15, -0.1) is 0 Å². The standard InChI is InChI=1S/C23H20O2/c1-18(24)25-23-16-7-5-3-2-4-6-12-21(23)17-20-14-10-13-19-11-8-9-15-22(19)20/h8-11,13-15,17,23H,2-5H2,1H3/b21-17+. The zero-order valence-electron chi connectivity index (χ0n) is 14.3. The van der Waals surface area contributed by atoms with E-state index in [1.54, 1.807) is 0 Å². The second-order valence-electron chi connectivity index (χ2n) is 5.99. The lowest BCUT2D eigenvalue weighted by Crippen LogP contribution is -2.16. The predicted octanol–water partition coefficient (Wildman–Crippen LogP) is 4.74. The lowest BCUT2D eigenvalue weighted by Gasteiger charge is -2.12. The molecular formula is C23H20O2. The van der Waals surface area contributed by atoms with Crippen molar-refractivity contribution in [3.8, 4) is 23.7 Å². The van der Waals surface area contributed by atoms with Crippen LogP contribution in [0.4, 0.5) is 0 Å². The summed E-state index contributed by atoms with van der Waals surface area (Å²) in [4.78, 5) is 11.5. The van der Waals surface area contributed by atoms with Gasteiger partial charge in [-0.25, -0.2) is 0 Å². The minimum atomic E-state index is -0.609. The van der Waals surface area contributed by atoms with E-state index in [0.717, 1.165) is 42.2 Å². The lowest BCUT2D eigenvalue weighted by molar-refractivity contribution is -0.142. The highest BCUT2D eigenvalue weighted by Crippen LogP contribution is 2.22. The van der Waals surface area contributed by atoms with Crippen LogP contribution in [-0.4, -0.2) is 12.1 Å². The van der Waals surface area contributed by atoms with Crippen LogP contribution in [0.1, 0.15) is 38.2 Å². The zero-order valence-corrected chi connectivity index (χ0v) is 14.3. The SMILES string of the molecule is CC(=O)OC1C#CCCCCC#C/C1=C\c1cccc2ccccc12. The van der Waals surface area contributed by atoms with Crippen LogP contribution in [-0.2, 0) is 9.53 Å². The molecule has 0 spiro atoms. The Morgan fingerprint density at radius 1 is 1.08 bits per heavy atom. The van der Waals surface area contributed by atoms with Gasteiger partial charge in [0.1, 0.15) is 0 Å². The summed E-state index contributed by atoms with van der Waals surface area (Å²) in [5.41, 5.74) is 1.79. The molecule has 0 saturated carbocycles. The van der Waals surface area contributed by atoms with Gasteiger partial charge in [0, 0.05) is 19.8 Å². The van der Waals surface area contributed by atoms with Gasteiger partial charge in [-0.05, 0) is 35.3 Å². The molecule has 1 aliphatic rings. The molecule has 1 unspecified atom stereocenters. The Hall–Kier alpha value is -2.97. The first-order chi connectivity index (χ1) is 12.2. The summed E-state index contributed by atoms with van der Waals surface area (Å²) in [5, 5.41) is 2.31. The molecule has 25 heavy (non-hydrogen) atoms. The fraction of sp³-hybridized carbons (Fsp3) is 0.261. The molecule has 0 aromatic heterocycles. The van der Waals surface area contributed by atoms with Crippen LogP contribution in [0.3, 0.4) is 0 Å². The number of ether oxygens (including phenoxy) is 1. The van der Waals surface area contributed by atoms with Crippen molar-refractivity contribution in [3.63, 3.8) is 0 Å². The summed E-state index contributed by atoms with van der Waals surface area (Å²) in [6, 6.07) is 14.4. The minimum Gasteiger partial charge on any atom is -0.444 e. The highest BCUT2D eigenvalue weighted by atomic mass is 16.5. The van der Waals surface area contributed by atoms with E-state index in [1.807, 2.05) is 30.3 Å². The topological polar surface area (TPSA) is 26.3 Å². The van der Waals surface area contributed by atoms with Crippen LogP contribution in [0.25, 0.3) is 16.8 Å². The number of benzene rings is 2. The highest BCUT2D eigenvalue weighted by Gasteiger charge is 2.14. The quantitative estimate of drug-likeness (QED) is 0.588. The van der Waals surface area contributed by atoms with Crippen molar-refractivity contribution >= 4 is 22.8 Å². The maximum Gasteiger partial charge on any atom is 0.304 e. The van der Waals surface area contributed by atoms with Crippen molar-refractivity contribution < 1.29 is 9.53 Å². The lowest BCUT2D eigenvalue weighted by atomic mass is 10.00. The van der Waals surface area contributed by atoms with Crippen LogP contribution in [0.15, 0.2) is 48.0 Å². The zero-order chi connectivity index (χ0) is 17.5. The molecule has 1 atom stereocenters. The summed E-state index contributed by atoms with van der Waals surface area (Å²) in [7, 11) is 0. The van der Waals surface area contributed by atoms with Gasteiger partial charge in [0.05, 0.1) is 5.57 Å². The molecule has 0 N–H and O–H groups in total. The third kappa shape index (κ3) is 4.52. The minimum absolute atomic E-state index is 0.345. The van der Waals surface area contributed by atoms with Crippen molar-refractivity contribution in [3.05, 3.63) is 53.6 Å². The second-order valence-corrected chi connectivity index (χ2v) is 5.99. The Bertz CT molecular complexity index is 924. The Labute approximate surface area is 148 Å². The normalized spacial score (nSPS) is 18.6. The second kappa shape index (κ2) is 8.22. The molecule has 0 aliphatic heterocycles. The van der Waals surface area contributed by atoms with Gasteiger partial charge in [0.25, 0.3) is 0 Å². The van der Waals surface area contributed by atoms with Gasteiger partial charge in [-0.1, -0.05) is 66.1 Å². The van der Waals surface area contributed by atoms with E-state index in [4.69, 9.17) is 4.74 Å². The molecule has 0 amide bonds. The van der Waals surface area contributed by atoms with E-state index in [0.29, 0.717) is 0 Å². The summed E-state index contributed by atoms with van der Waals surface area (Å²) in [6.07, 6.45) is 5.10. The maximum absolute atomic E-state index is 11.5. The molecule has 0 radical (unpaired) electrons. The molecule has 1 aliphatic carbocycles.